The molecule has 98 valence electrons. The first-order chi connectivity index (χ1) is 8.47. The van der Waals surface area contributed by atoms with Crippen LogP contribution in [0.25, 0.3) is 0 Å². The van der Waals surface area contributed by atoms with Gasteiger partial charge in [0, 0.05) is 11.6 Å². The van der Waals surface area contributed by atoms with Crippen LogP contribution in [0.3, 0.4) is 0 Å². The van der Waals surface area contributed by atoms with E-state index >= 15 is 0 Å². The van der Waals surface area contributed by atoms with Crippen LogP contribution in [0.4, 0.5) is 0 Å². The first-order valence-corrected chi connectivity index (χ1v) is 6.07. The molecule has 1 aliphatic rings. The summed E-state index contributed by atoms with van der Waals surface area (Å²) in [5.74, 6) is 0.101. The summed E-state index contributed by atoms with van der Waals surface area (Å²) in [6.07, 6.45) is 0.902. The van der Waals surface area contributed by atoms with E-state index in [0.717, 1.165) is 17.8 Å². The lowest BCUT2D eigenvalue weighted by molar-refractivity contribution is -0.130. The summed E-state index contributed by atoms with van der Waals surface area (Å²) in [5.41, 5.74) is 6.64. The molecule has 0 aliphatic heterocycles. The van der Waals surface area contributed by atoms with Crippen LogP contribution >= 0.6 is 0 Å². The third kappa shape index (κ3) is 2.88. The van der Waals surface area contributed by atoms with Gasteiger partial charge in [-0.25, -0.2) is 0 Å². The fourth-order valence-electron chi connectivity index (χ4n) is 1.92. The Morgan fingerprint density at radius 1 is 1.44 bits per heavy atom. The summed E-state index contributed by atoms with van der Waals surface area (Å²) < 4.78 is 1.61. The molecule has 1 heterocycles. The molecule has 0 unspecified atom stereocenters. The maximum absolute atomic E-state index is 11.6. The molecule has 0 spiro atoms. The van der Waals surface area contributed by atoms with E-state index in [-0.39, 0.29) is 24.3 Å². The number of amides is 2. The van der Waals surface area contributed by atoms with E-state index in [2.05, 4.69) is 16.0 Å². The summed E-state index contributed by atoms with van der Waals surface area (Å²) in [6.45, 7) is 5.89. The van der Waals surface area contributed by atoms with E-state index < -0.39 is 0 Å². The number of nitrogens with zero attached hydrogens (tertiary/aromatic N) is 2. The third-order valence-electron chi connectivity index (χ3n) is 3.17. The van der Waals surface area contributed by atoms with Crippen LogP contribution in [-0.4, -0.2) is 21.6 Å². The highest BCUT2D eigenvalue weighted by Crippen LogP contribution is 2.37. The number of carbonyl (C=O) groups is 2. The zero-order valence-corrected chi connectivity index (χ0v) is 10.9. The summed E-state index contributed by atoms with van der Waals surface area (Å²) >= 11 is 0. The van der Waals surface area contributed by atoms with Gasteiger partial charge in [0.1, 0.15) is 6.54 Å². The second-order valence-electron chi connectivity index (χ2n) is 4.94. The number of rotatable bonds is 3. The van der Waals surface area contributed by atoms with Crippen LogP contribution in [0.5, 0.6) is 0 Å². The molecule has 0 saturated heterocycles. The Morgan fingerprint density at radius 3 is 2.61 bits per heavy atom. The topological polar surface area (TPSA) is 76.0 Å². The first-order valence-electron chi connectivity index (χ1n) is 6.07. The maximum atomic E-state index is 11.6. The van der Waals surface area contributed by atoms with Gasteiger partial charge in [-0.1, -0.05) is 6.92 Å². The normalized spacial score (nSPS) is 21.5. The number of aryl methyl sites for hydroxylation is 2. The Hall–Kier alpha value is -1.85. The van der Waals surface area contributed by atoms with Crippen molar-refractivity contribution < 1.29 is 9.59 Å². The van der Waals surface area contributed by atoms with Crippen LogP contribution < -0.4 is 10.9 Å². The molecule has 1 aromatic rings. The fraction of sp³-hybridized carbons (Fsp3) is 0.583. The van der Waals surface area contributed by atoms with Crippen molar-refractivity contribution in [1.29, 1.82) is 0 Å². The highest BCUT2D eigenvalue weighted by atomic mass is 16.2. The predicted octanol–water partition coefficient (Wildman–Crippen LogP) is 0.303. The maximum Gasteiger partial charge on any atom is 0.260 e. The van der Waals surface area contributed by atoms with Gasteiger partial charge in [-0.2, -0.15) is 5.10 Å². The SMILES string of the molecule is Cc1cc(C)n(CC(=O)NNC(=O)[C@@H]2C[C@H]2C)n1. The number of carbonyl (C=O) groups excluding carboxylic acids is 2. The lowest BCUT2D eigenvalue weighted by atomic mass is 10.3. The van der Waals surface area contributed by atoms with Crippen LogP contribution in [0.1, 0.15) is 24.7 Å². The van der Waals surface area contributed by atoms with Gasteiger partial charge in [-0.15, -0.1) is 0 Å². The van der Waals surface area contributed by atoms with Crippen molar-refractivity contribution in [2.24, 2.45) is 11.8 Å². The molecule has 0 aromatic carbocycles. The number of hydrogen-bond donors (Lipinski definition) is 2. The zero-order valence-electron chi connectivity index (χ0n) is 10.9. The minimum Gasteiger partial charge on any atom is -0.273 e. The van der Waals surface area contributed by atoms with E-state index in [1.807, 2.05) is 26.8 Å². The van der Waals surface area contributed by atoms with E-state index in [0.29, 0.717) is 5.92 Å². The lowest BCUT2D eigenvalue weighted by Gasteiger charge is -2.08. The van der Waals surface area contributed by atoms with Crippen molar-refractivity contribution in [3.05, 3.63) is 17.5 Å². The standard InChI is InChI=1S/C12H18N4O2/c1-7-4-10(7)12(18)14-13-11(17)6-16-9(3)5-8(2)15-16/h5,7,10H,4,6H2,1-3H3,(H,13,17)(H,14,18)/t7-,10-/m1/s1. The Bertz CT molecular complexity index is 480. The van der Waals surface area contributed by atoms with Gasteiger partial charge in [0.2, 0.25) is 5.91 Å². The number of hydrazine groups is 1. The molecule has 2 N–H and O–H groups in total. The predicted molar refractivity (Wildman–Crippen MR) is 65.3 cm³/mol. The molecule has 2 atom stereocenters. The fourth-order valence-corrected chi connectivity index (χ4v) is 1.92. The Kier molecular flexibility index (Phi) is 3.36. The Labute approximate surface area is 106 Å². The molecule has 1 saturated carbocycles. The van der Waals surface area contributed by atoms with Gasteiger partial charge in [0.25, 0.3) is 5.91 Å². The molecule has 2 rings (SSSR count). The molecule has 0 bridgehead atoms. The minimum absolute atomic E-state index is 0.0546. The first kappa shape index (κ1) is 12.6. The smallest absolute Gasteiger partial charge is 0.260 e. The Balaban J connectivity index is 1.78. The number of aromatic nitrogens is 2. The van der Waals surface area contributed by atoms with E-state index in [4.69, 9.17) is 0 Å². The van der Waals surface area contributed by atoms with Crippen molar-refractivity contribution >= 4 is 11.8 Å². The quantitative estimate of drug-likeness (QED) is 0.758. The van der Waals surface area contributed by atoms with Gasteiger partial charge in [-0.05, 0) is 32.3 Å². The third-order valence-corrected chi connectivity index (χ3v) is 3.17. The highest BCUT2D eigenvalue weighted by Gasteiger charge is 2.39. The molecule has 1 fully saturated rings. The summed E-state index contributed by atoms with van der Waals surface area (Å²) in [4.78, 5) is 23.1. The van der Waals surface area contributed by atoms with Crippen molar-refractivity contribution in [2.75, 3.05) is 0 Å². The highest BCUT2D eigenvalue weighted by molar-refractivity contribution is 5.84. The van der Waals surface area contributed by atoms with E-state index in [9.17, 15) is 9.59 Å². The average Bonchev–Trinajstić information content (AvgIpc) is 2.94. The van der Waals surface area contributed by atoms with Gasteiger partial charge < -0.3 is 0 Å². The summed E-state index contributed by atoms with van der Waals surface area (Å²) in [5, 5.41) is 4.18. The Morgan fingerprint density at radius 2 is 2.11 bits per heavy atom. The molecule has 2 amide bonds. The zero-order chi connectivity index (χ0) is 13.3. The second-order valence-corrected chi connectivity index (χ2v) is 4.94. The summed E-state index contributed by atoms with van der Waals surface area (Å²) in [7, 11) is 0. The molecule has 1 aliphatic carbocycles. The van der Waals surface area contributed by atoms with Crippen molar-refractivity contribution in [1.82, 2.24) is 20.6 Å². The lowest BCUT2D eigenvalue weighted by Crippen LogP contribution is -2.44. The number of hydrogen-bond acceptors (Lipinski definition) is 3. The van der Waals surface area contributed by atoms with Gasteiger partial charge in [-0.3, -0.25) is 25.1 Å². The van der Waals surface area contributed by atoms with Crippen LogP contribution in [0.2, 0.25) is 0 Å². The van der Waals surface area contributed by atoms with Crippen molar-refractivity contribution in [2.45, 2.75) is 33.7 Å². The number of nitrogens with one attached hydrogen (secondary N) is 2. The molecule has 6 heteroatoms. The van der Waals surface area contributed by atoms with Gasteiger partial charge in [0.05, 0.1) is 5.69 Å². The largest absolute Gasteiger partial charge is 0.273 e. The van der Waals surface area contributed by atoms with Crippen LogP contribution in [0, 0.1) is 25.7 Å². The van der Waals surface area contributed by atoms with Gasteiger partial charge in [0.15, 0.2) is 0 Å². The monoisotopic (exact) mass is 250 g/mol. The molecule has 0 radical (unpaired) electrons. The molecule has 18 heavy (non-hydrogen) atoms. The molecule has 1 aromatic heterocycles. The molecular formula is C12H18N4O2. The molecular weight excluding hydrogens is 232 g/mol. The second kappa shape index (κ2) is 4.80. The van der Waals surface area contributed by atoms with E-state index in [1.165, 1.54) is 0 Å². The van der Waals surface area contributed by atoms with Crippen molar-refractivity contribution in [3.8, 4) is 0 Å². The van der Waals surface area contributed by atoms with Crippen molar-refractivity contribution in [3.63, 3.8) is 0 Å². The summed E-state index contributed by atoms with van der Waals surface area (Å²) in [6, 6.07) is 1.90. The van der Waals surface area contributed by atoms with E-state index in [1.54, 1.807) is 4.68 Å². The average molecular weight is 250 g/mol. The molecule has 6 nitrogen and oxygen atoms in total. The van der Waals surface area contributed by atoms with Gasteiger partial charge >= 0.3 is 0 Å². The minimum atomic E-state index is -0.275. The van der Waals surface area contributed by atoms with Crippen LogP contribution in [0.15, 0.2) is 6.07 Å². The van der Waals surface area contributed by atoms with Crippen LogP contribution in [-0.2, 0) is 16.1 Å².